The van der Waals surface area contributed by atoms with Crippen LogP contribution in [0.2, 0.25) is 0 Å². The molecule has 0 fully saturated rings. The van der Waals surface area contributed by atoms with Crippen molar-refractivity contribution in [1.82, 2.24) is 0 Å². The zero-order valence-electron chi connectivity index (χ0n) is 26.6. The molecule has 1 aliphatic carbocycles. The van der Waals surface area contributed by atoms with Gasteiger partial charge < -0.3 is 0 Å². The van der Waals surface area contributed by atoms with Crippen molar-refractivity contribution in [2.75, 3.05) is 0 Å². The zero-order valence-corrected chi connectivity index (χ0v) is 26.6. The van der Waals surface area contributed by atoms with Crippen LogP contribution in [-0.4, -0.2) is 0 Å². The molecule has 0 heterocycles. The summed E-state index contributed by atoms with van der Waals surface area (Å²) in [6.45, 7) is 9.41. The average Bonchev–Trinajstić information content (AvgIpc) is 3.34. The summed E-state index contributed by atoms with van der Waals surface area (Å²) in [5.74, 6) is 0. The summed E-state index contributed by atoms with van der Waals surface area (Å²) in [5, 5.41) is 0. The molecule has 0 radical (unpaired) electrons. The molecule has 0 saturated carbocycles. The Morgan fingerprint density at radius 2 is 0.872 bits per heavy atom. The molecular weight excluding hydrogens is 468 g/mol. The molecule has 0 spiro atoms. The van der Waals surface area contributed by atoms with Crippen molar-refractivity contribution in [3.63, 3.8) is 0 Å². The van der Waals surface area contributed by atoms with Gasteiger partial charge in [-0.3, -0.25) is 0 Å². The highest BCUT2D eigenvalue weighted by molar-refractivity contribution is 5.83. The molecule has 218 valence electrons. The molecular formula is C39H62. The monoisotopic (exact) mass is 530 g/mol. The van der Waals surface area contributed by atoms with Crippen LogP contribution in [0.4, 0.5) is 0 Å². The van der Waals surface area contributed by atoms with E-state index in [1.807, 2.05) is 0 Å². The summed E-state index contributed by atoms with van der Waals surface area (Å²) in [6.07, 6.45) is 31.4. The highest BCUT2D eigenvalue weighted by Gasteiger charge is 2.28. The number of rotatable bonds is 22. The van der Waals surface area contributed by atoms with E-state index in [4.69, 9.17) is 0 Å². The number of hydrogen-bond acceptors (Lipinski definition) is 0. The molecule has 0 heteroatoms. The Morgan fingerprint density at radius 3 is 1.44 bits per heavy atom. The van der Waals surface area contributed by atoms with Gasteiger partial charge in [0.2, 0.25) is 0 Å². The Balaban J connectivity index is 1.73. The summed E-state index contributed by atoms with van der Waals surface area (Å²) in [4.78, 5) is 0. The summed E-state index contributed by atoms with van der Waals surface area (Å²) in [5.41, 5.74) is 13.7. The van der Waals surface area contributed by atoms with Crippen molar-refractivity contribution in [2.45, 2.75) is 175 Å². The molecule has 2 aromatic rings. The molecule has 0 nitrogen and oxygen atoms in total. The highest BCUT2D eigenvalue weighted by atomic mass is 14.3. The first kappa shape index (κ1) is 32.0. The summed E-state index contributed by atoms with van der Waals surface area (Å²) in [6, 6.07) is 9.37. The van der Waals surface area contributed by atoms with Crippen LogP contribution in [0.5, 0.6) is 0 Å². The van der Waals surface area contributed by atoms with Crippen LogP contribution in [0.15, 0.2) is 24.3 Å². The minimum Gasteiger partial charge on any atom is -0.0654 e. The predicted octanol–water partition coefficient (Wildman–Crippen LogP) is 12.5. The largest absolute Gasteiger partial charge is 0.0654 e. The van der Waals surface area contributed by atoms with Gasteiger partial charge in [0.15, 0.2) is 0 Å². The van der Waals surface area contributed by atoms with E-state index in [1.165, 1.54) is 148 Å². The van der Waals surface area contributed by atoms with Gasteiger partial charge in [-0.25, -0.2) is 0 Å². The van der Waals surface area contributed by atoms with Gasteiger partial charge in [-0.1, -0.05) is 142 Å². The van der Waals surface area contributed by atoms with Gasteiger partial charge in [0.05, 0.1) is 0 Å². The first-order chi connectivity index (χ1) is 19.3. The van der Waals surface area contributed by atoms with E-state index in [0.29, 0.717) is 0 Å². The standard InChI is InChI=1S/C39H62/c1-5-9-13-14-15-16-17-18-19-20-21-22-30-36-34(26-10-6-2)35(27-11-7-3)37(28-12-8-4)39-33-29-24-23-25-32(33)31-38(36)39/h23-25,29H,5-22,26-28,30-31H2,1-4H3. The van der Waals surface area contributed by atoms with Gasteiger partial charge in [-0.15, -0.1) is 0 Å². The van der Waals surface area contributed by atoms with E-state index in [0.717, 1.165) is 0 Å². The molecule has 0 aliphatic heterocycles. The minimum absolute atomic E-state index is 1.17. The van der Waals surface area contributed by atoms with E-state index in [9.17, 15) is 0 Å². The summed E-state index contributed by atoms with van der Waals surface area (Å²) >= 11 is 0. The maximum absolute atomic E-state index is 2.43. The number of benzene rings is 2. The minimum atomic E-state index is 1.17. The van der Waals surface area contributed by atoms with E-state index in [1.54, 1.807) is 44.5 Å². The summed E-state index contributed by atoms with van der Waals surface area (Å²) < 4.78 is 0. The Hall–Kier alpha value is -1.56. The summed E-state index contributed by atoms with van der Waals surface area (Å²) in [7, 11) is 0. The molecule has 0 bridgehead atoms. The second-order valence-electron chi connectivity index (χ2n) is 12.6. The maximum Gasteiger partial charge on any atom is -0.00105 e. The number of fused-ring (bicyclic) bond motifs is 3. The lowest BCUT2D eigenvalue weighted by Gasteiger charge is -2.25. The fourth-order valence-electron chi connectivity index (χ4n) is 7.04. The molecule has 3 rings (SSSR count). The lowest BCUT2D eigenvalue weighted by molar-refractivity contribution is 0.543. The van der Waals surface area contributed by atoms with Gasteiger partial charge in [0.1, 0.15) is 0 Å². The van der Waals surface area contributed by atoms with E-state index in [2.05, 4.69) is 52.0 Å². The van der Waals surface area contributed by atoms with E-state index in [-0.39, 0.29) is 0 Å². The second kappa shape index (κ2) is 18.7. The van der Waals surface area contributed by atoms with Crippen molar-refractivity contribution < 1.29 is 0 Å². The van der Waals surface area contributed by atoms with E-state index >= 15 is 0 Å². The van der Waals surface area contributed by atoms with Crippen LogP contribution in [0.3, 0.4) is 0 Å². The lowest BCUT2D eigenvalue weighted by atomic mass is 9.80. The normalized spacial score (nSPS) is 12.2. The van der Waals surface area contributed by atoms with Crippen LogP contribution < -0.4 is 0 Å². The maximum atomic E-state index is 2.43. The fraction of sp³-hybridized carbons (Fsp3) is 0.692. The number of hydrogen-bond donors (Lipinski definition) is 0. The van der Waals surface area contributed by atoms with Gasteiger partial charge in [0.25, 0.3) is 0 Å². The van der Waals surface area contributed by atoms with Crippen molar-refractivity contribution in [1.29, 1.82) is 0 Å². The molecule has 0 saturated heterocycles. The van der Waals surface area contributed by atoms with Gasteiger partial charge in [0, 0.05) is 0 Å². The fourth-order valence-corrected chi connectivity index (χ4v) is 7.04. The smallest absolute Gasteiger partial charge is 0.00105 e. The first-order valence-electron chi connectivity index (χ1n) is 17.5. The molecule has 0 aromatic heterocycles. The van der Waals surface area contributed by atoms with Crippen LogP contribution >= 0.6 is 0 Å². The van der Waals surface area contributed by atoms with Crippen LogP contribution in [-0.2, 0) is 32.1 Å². The van der Waals surface area contributed by atoms with Crippen LogP contribution in [0, 0.1) is 0 Å². The molecule has 39 heavy (non-hydrogen) atoms. The molecule has 0 N–H and O–H groups in total. The van der Waals surface area contributed by atoms with Gasteiger partial charge in [-0.2, -0.15) is 0 Å². The molecule has 2 aromatic carbocycles. The molecule has 0 unspecified atom stereocenters. The predicted molar refractivity (Wildman–Crippen MR) is 175 cm³/mol. The average molecular weight is 531 g/mol. The second-order valence-corrected chi connectivity index (χ2v) is 12.6. The highest BCUT2D eigenvalue weighted by Crippen LogP contribution is 2.45. The van der Waals surface area contributed by atoms with Gasteiger partial charge >= 0.3 is 0 Å². The third-order valence-electron chi connectivity index (χ3n) is 9.34. The Morgan fingerprint density at radius 1 is 0.436 bits per heavy atom. The third-order valence-corrected chi connectivity index (χ3v) is 9.34. The first-order valence-corrected chi connectivity index (χ1v) is 17.5. The van der Waals surface area contributed by atoms with Crippen LogP contribution in [0.1, 0.15) is 177 Å². The Bertz CT molecular complexity index is 949. The quantitative estimate of drug-likeness (QED) is 0.113. The van der Waals surface area contributed by atoms with Crippen LogP contribution in [0.25, 0.3) is 11.1 Å². The van der Waals surface area contributed by atoms with Gasteiger partial charge in [-0.05, 0) is 102 Å². The van der Waals surface area contributed by atoms with Crippen molar-refractivity contribution in [3.8, 4) is 11.1 Å². The topological polar surface area (TPSA) is 0 Å². The van der Waals surface area contributed by atoms with Crippen molar-refractivity contribution in [3.05, 3.63) is 57.6 Å². The van der Waals surface area contributed by atoms with Crippen molar-refractivity contribution >= 4 is 0 Å². The van der Waals surface area contributed by atoms with Crippen molar-refractivity contribution in [2.24, 2.45) is 0 Å². The Kier molecular flexibility index (Phi) is 15.3. The zero-order chi connectivity index (χ0) is 27.7. The SMILES string of the molecule is CCCCCCCCCCCCCCc1c(CCCC)c(CCCC)c(CCCC)c2c1Cc1ccccc1-2. The molecule has 0 amide bonds. The molecule has 0 atom stereocenters. The molecule has 1 aliphatic rings. The third kappa shape index (κ3) is 9.50. The van der Waals surface area contributed by atoms with E-state index < -0.39 is 0 Å². The number of unbranched alkanes of at least 4 members (excludes halogenated alkanes) is 14. The lowest BCUT2D eigenvalue weighted by Crippen LogP contribution is -2.11. The Labute approximate surface area is 243 Å².